The molecule has 1 aliphatic heterocycles. The molecule has 1 saturated carbocycles. The lowest BCUT2D eigenvalue weighted by Gasteiger charge is -2.45. The Balaban J connectivity index is 1.06. The summed E-state index contributed by atoms with van der Waals surface area (Å²) in [5, 5.41) is 5.73. The Morgan fingerprint density at radius 2 is 1.80 bits per heavy atom. The van der Waals surface area contributed by atoms with Gasteiger partial charge in [0.25, 0.3) is 0 Å². The third-order valence-corrected chi connectivity index (χ3v) is 15.7. The number of urea groups is 1. The number of piperazine rings is 1. The molecule has 49 heavy (non-hydrogen) atoms. The van der Waals surface area contributed by atoms with E-state index >= 15 is 0 Å². The fourth-order valence-electron chi connectivity index (χ4n) is 6.06. The quantitative estimate of drug-likeness (QED) is 0.151. The number of hydrogen-bond donors (Lipinski definition) is 2. The van der Waals surface area contributed by atoms with Gasteiger partial charge in [-0.15, -0.1) is 11.3 Å². The molecular weight excluding hydrogens is 656 g/mol. The Hall–Kier alpha value is -3.42. The number of ether oxygens (including phenoxy) is 1. The van der Waals surface area contributed by atoms with E-state index in [0.29, 0.717) is 23.5 Å². The van der Waals surface area contributed by atoms with Crippen molar-refractivity contribution >= 4 is 41.6 Å². The number of fused-ring (bicyclic) bond motifs is 1. The van der Waals surface area contributed by atoms with Gasteiger partial charge in [0.2, 0.25) is 0 Å². The molecule has 1 saturated heterocycles. The average molecular weight is 705 g/mol. The predicted octanol–water partition coefficient (Wildman–Crippen LogP) is 8.49. The molecule has 262 valence electrons. The van der Waals surface area contributed by atoms with E-state index in [1.54, 1.807) is 18.3 Å². The zero-order valence-electron chi connectivity index (χ0n) is 29.7. The molecule has 2 N–H and O–H groups in total. The topological polar surface area (TPSA) is 91.8 Å². The summed E-state index contributed by atoms with van der Waals surface area (Å²) in [7, 11) is -1.75. The van der Waals surface area contributed by atoms with Crippen molar-refractivity contribution in [1.82, 2.24) is 25.1 Å². The molecule has 0 radical (unpaired) electrons. The first-order valence-corrected chi connectivity index (χ1v) is 21.0. The number of nitrogens with one attached hydrogen (secondary N) is 2. The van der Waals surface area contributed by atoms with Crippen molar-refractivity contribution < 1.29 is 18.3 Å². The first-order valence-electron chi connectivity index (χ1n) is 17.3. The van der Waals surface area contributed by atoms with Crippen molar-refractivity contribution in [2.24, 2.45) is 0 Å². The minimum Gasteiger partial charge on any atom is -0.453 e. The molecule has 3 aromatic heterocycles. The number of thiophene rings is 1. The number of aromatic nitrogens is 2. The smallest absolute Gasteiger partial charge is 0.319 e. The van der Waals surface area contributed by atoms with Gasteiger partial charge in [-0.25, -0.2) is 9.18 Å². The summed E-state index contributed by atoms with van der Waals surface area (Å²) in [6.45, 7) is 20.8. The Morgan fingerprint density at radius 3 is 2.45 bits per heavy atom. The summed E-state index contributed by atoms with van der Waals surface area (Å²) < 4.78 is 28.3. The van der Waals surface area contributed by atoms with Crippen LogP contribution in [0.2, 0.25) is 18.1 Å². The van der Waals surface area contributed by atoms with Crippen LogP contribution in [0.1, 0.15) is 53.0 Å². The minimum absolute atomic E-state index is 0.0713. The lowest BCUT2D eigenvalue weighted by Crippen LogP contribution is -2.57. The van der Waals surface area contributed by atoms with Crippen molar-refractivity contribution in [2.45, 2.75) is 90.3 Å². The van der Waals surface area contributed by atoms with E-state index in [0.717, 1.165) is 66.4 Å². The van der Waals surface area contributed by atoms with Crippen LogP contribution in [0.3, 0.4) is 0 Å². The van der Waals surface area contributed by atoms with Crippen molar-refractivity contribution in [3.63, 3.8) is 0 Å². The second-order valence-electron chi connectivity index (χ2n) is 15.0. The van der Waals surface area contributed by atoms with Gasteiger partial charge in [0.15, 0.2) is 19.9 Å². The van der Waals surface area contributed by atoms with Crippen molar-refractivity contribution in [2.75, 3.05) is 31.6 Å². The van der Waals surface area contributed by atoms with Crippen LogP contribution in [0.5, 0.6) is 11.5 Å². The second-order valence-corrected chi connectivity index (χ2v) is 20.9. The zero-order valence-corrected chi connectivity index (χ0v) is 31.5. The molecule has 2 fully saturated rings. The number of carbonyl (C=O) groups excluding carboxylic acids is 1. The molecule has 4 heterocycles. The van der Waals surface area contributed by atoms with Crippen LogP contribution < -0.4 is 15.4 Å². The highest BCUT2D eigenvalue weighted by molar-refractivity contribution is 7.22. The summed E-state index contributed by atoms with van der Waals surface area (Å²) in [4.78, 5) is 27.5. The van der Waals surface area contributed by atoms with Crippen molar-refractivity contribution in [1.29, 1.82) is 0 Å². The molecule has 0 bridgehead atoms. The van der Waals surface area contributed by atoms with E-state index in [1.807, 2.05) is 12.3 Å². The highest BCUT2D eigenvalue weighted by Gasteiger charge is 2.37. The molecule has 0 spiro atoms. The molecule has 2 amide bonds. The molecule has 2 atom stereocenters. The Kier molecular flexibility index (Phi) is 10.4. The molecule has 1 aliphatic carbocycles. The molecule has 12 heteroatoms. The fraction of sp³-hybridized carbons (Fsp3) is 0.486. The van der Waals surface area contributed by atoms with Gasteiger partial charge >= 0.3 is 6.03 Å². The Bertz CT molecular complexity index is 1760. The lowest BCUT2D eigenvalue weighted by atomic mass is 10.1. The molecule has 1 aromatic carbocycles. The van der Waals surface area contributed by atoms with Gasteiger partial charge in [-0.3, -0.25) is 19.8 Å². The van der Waals surface area contributed by atoms with E-state index in [2.05, 4.69) is 85.3 Å². The van der Waals surface area contributed by atoms with Gasteiger partial charge in [-0.1, -0.05) is 26.8 Å². The number of nitrogens with zero attached hydrogens (tertiary/aromatic N) is 4. The maximum atomic E-state index is 15.0. The summed E-state index contributed by atoms with van der Waals surface area (Å²) in [5.74, 6) is 0.0176. The number of hydrogen-bond acceptors (Lipinski definition) is 8. The number of halogens is 1. The van der Waals surface area contributed by atoms with Gasteiger partial charge in [-0.2, -0.15) is 0 Å². The van der Waals surface area contributed by atoms with Crippen LogP contribution in [0.15, 0.2) is 54.9 Å². The summed E-state index contributed by atoms with van der Waals surface area (Å²) in [5.41, 5.74) is 3.16. The highest BCUT2D eigenvalue weighted by atomic mass is 32.1. The van der Waals surface area contributed by atoms with E-state index in [-0.39, 0.29) is 22.9 Å². The number of carbonyl (C=O) groups is 1. The van der Waals surface area contributed by atoms with Gasteiger partial charge in [0.1, 0.15) is 5.75 Å². The van der Waals surface area contributed by atoms with Crippen LogP contribution in [0.4, 0.5) is 14.9 Å². The largest absolute Gasteiger partial charge is 0.453 e. The fourth-order valence-corrected chi connectivity index (χ4v) is 8.14. The van der Waals surface area contributed by atoms with Crippen LogP contribution in [-0.4, -0.2) is 78.5 Å². The van der Waals surface area contributed by atoms with Gasteiger partial charge in [0.05, 0.1) is 20.8 Å². The van der Waals surface area contributed by atoms with Crippen LogP contribution >= 0.6 is 11.3 Å². The van der Waals surface area contributed by atoms with Gasteiger partial charge in [-0.05, 0) is 74.7 Å². The summed E-state index contributed by atoms with van der Waals surface area (Å²) in [6.07, 6.45) is 5.58. The van der Waals surface area contributed by atoms with Gasteiger partial charge in [0, 0.05) is 81.1 Å². The number of amides is 2. The maximum absolute atomic E-state index is 15.0. The average Bonchev–Trinajstić information content (AvgIpc) is 3.73. The van der Waals surface area contributed by atoms with Crippen LogP contribution in [0, 0.1) is 5.82 Å². The van der Waals surface area contributed by atoms with E-state index in [4.69, 9.17) is 14.1 Å². The van der Waals surface area contributed by atoms with Crippen molar-refractivity contribution in [3.8, 4) is 22.1 Å². The van der Waals surface area contributed by atoms with E-state index < -0.39 is 14.1 Å². The van der Waals surface area contributed by atoms with Crippen molar-refractivity contribution in [3.05, 3.63) is 66.2 Å². The lowest BCUT2D eigenvalue weighted by molar-refractivity contribution is 0.0250. The molecule has 9 nitrogen and oxygen atoms in total. The number of anilines is 1. The molecule has 0 unspecified atom stereocenters. The first kappa shape index (κ1) is 35.4. The second kappa shape index (κ2) is 14.4. The third kappa shape index (κ3) is 8.66. The molecular formula is C37H49FN6O3SSi. The minimum atomic E-state index is -1.75. The number of rotatable bonds is 11. The van der Waals surface area contributed by atoms with Gasteiger partial charge < -0.3 is 19.8 Å². The molecule has 2 aliphatic rings. The molecule has 6 rings (SSSR count). The number of pyridine rings is 2. The maximum Gasteiger partial charge on any atom is 0.319 e. The third-order valence-electron chi connectivity index (χ3n) is 9.98. The Morgan fingerprint density at radius 1 is 1.04 bits per heavy atom. The standard InChI is InChI=1S/C37H49FN6O3SSi/c1-24-21-43(22-25(2)44(24)16-17-46-49(6,7)37(3,4)5)23-26-8-12-30(40-20-26)34-19-31-35(48-34)33(14-15-39-31)47-32-13-11-28(18-29(32)38)42-36(45)41-27-9-10-27/h8,11-15,18-20,24-25,27H,9-10,16-17,21-23H2,1-7H3,(H2,41,42,45)/t24-,25+. The summed E-state index contributed by atoms with van der Waals surface area (Å²) in [6, 6.07) is 13.1. The van der Waals surface area contributed by atoms with E-state index in [1.165, 1.54) is 29.0 Å². The summed E-state index contributed by atoms with van der Waals surface area (Å²) >= 11 is 1.52. The number of benzene rings is 1. The Labute approximate surface area is 294 Å². The van der Waals surface area contributed by atoms with E-state index in [9.17, 15) is 9.18 Å². The SMILES string of the molecule is C[C@@H]1CN(Cc2ccc(-c3cc4nccc(Oc5ccc(NC(=O)NC6CC6)cc5F)c4s3)nc2)C[C@H](C)N1CCO[Si](C)(C)C(C)(C)C. The molecule has 4 aromatic rings. The monoisotopic (exact) mass is 704 g/mol. The van der Waals surface area contributed by atoms with Crippen LogP contribution in [0.25, 0.3) is 20.8 Å². The zero-order chi connectivity index (χ0) is 34.9. The normalized spacial score (nSPS) is 19.3. The first-order chi connectivity index (χ1) is 23.3. The predicted molar refractivity (Wildman–Crippen MR) is 199 cm³/mol. The highest BCUT2D eigenvalue weighted by Crippen LogP contribution is 2.40. The van der Waals surface area contributed by atoms with Crippen LogP contribution in [-0.2, 0) is 11.0 Å².